The van der Waals surface area contributed by atoms with Crippen molar-refractivity contribution in [1.29, 1.82) is 0 Å². The van der Waals surface area contributed by atoms with Crippen molar-refractivity contribution in [3.8, 4) is 5.88 Å². The van der Waals surface area contributed by atoms with Gasteiger partial charge in [-0.05, 0) is 50.5 Å². The third-order valence-corrected chi connectivity index (χ3v) is 4.02. The van der Waals surface area contributed by atoms with Crippen LogP contribution in [0, 0.1) is 11.8 Å². The van der Waals surface area contributed by atoms with Gasteiger partial charge in [-0.2, -0.15) is 0 Å². The Kier molecular flexibility index (Phi) is 3.70. The molecule has 0 aromatic carbocycles. The first-order valence-electron chi connectivity index (χ1n) is 6.69. The van der Waals surface area contributed by atoms with Crippen molar-refractivity contribution in [2.24, 2.45) is 11.8 Å². The summed E-state index contributed by atoms with van der Waals surface area (Å²) in [6, 6.07) is 5.84. The Morgan fingerprint density at radius 2 is 2.00 bits per heavy atom. The van der Waals surface area contributed by atoms with Gasteiger partial charge in [-0.15, -0.1) is 0 Å². The quantitative estimate of drug-likeness (QED) is 0.785. The lowest BCUT2D eigenvalue weighted by atomic mass is 9.75. The van der Waals surface area contributed by atoms with Crippen LogP contribution < -0.4 is 4.74 Å². The highest BCUT2D eigenvalue weighted by Gasteiger charge is 2.34. The SMILES string of the molecule is CC(C)C1CCC(C)(Oc2ccccn2)CC1. The molecule has 1 aliphatic carbocycles. The average Bonchev–Trinajstić information content (AvgIpc) is 2.30. The molecule has 0 radical (unpaired) electrons. The molecule has 0 saturated heterocycles. The van der Waals surface area contributed by atoms with Gasteiger partial charge in [-0.3, -0.25) is 0 Å². The van der Waals surface area contributed by atoms with Gasteiger partial charge in [0.25, 0.3) is 0 Å². The van der Waals surface area contributed by atoms with Crippen LogP contribution >= 0.6 is 0 Å². The molecule has 1 aromatic heterocycles. The average molecular weight is 233 g/mol. The van der Waals surface area contributed by atoms with Crippen LogP contribution in [0.1, 0.15) is 46.5 Å². The van der Waals surface area contributed by atoms with Crippen LogP contribution in [0.3, 0.4) is 0 Å². The first kappa shape index (κ1) is 12.4. The Balaban J connectivity index is 1.94. The van der Waals surface area contributed by atoms with Gasteiger partial charge < -0.3 is 4.74 Å². The lowest BCUT2D eigenvalue weighted by Gasteiger charge is -2.38. The van der Waals surface area contributed by atoms with E-state index in [4.69, 9.17) is 4.74 Å². The van der Waals surface area contributed by atoms with Crippen molar-refractivity contribution in [1.82, 2.24) is 4.98 Å². The number of nitrogens with zero attached hydrogens (tertiary/aromatic N) is 1. The molecule has 0 aliphatic heterocycles. The molecule has 1 aromatic rings. The van der Waals surface area contributed by atoms with Gasteiger partial charge in [0.2, 0.25) is 5.88 Å². The van der Waals surface area contributed by atoms with Gasteiger partial charge in [0, 0.05) is 12.3 Å². The van der Waals surface area contributed by atoms with E-state index in [0.29, 0.717) is 0 Å². The normalized spacial score (nSPS) is 29.3. The smallest absolute Gasteiger partial charge is 0.213 e. The van der Waals surface area contributed by atoms with Gasteiger partial charge in [-0.25, -0.2) is 4.98 Å². The Morgan fingerprint density at radius 1 is 1.29 bits per heavy atom. The number of ether oxygens (including phenoxy) is 1. The summed E-state index contributed by atoms with van der Waals surface area (Å²) in [7, 11) is 0. The molecular weight excluding hydrogens is 210 g/mol. The summed E-state index contributed by atoms with van der Waals surface area (Å²) in [4.78, 5) is 4.25. The maximum atomic E-state index is 6.06. The van der Waals surface area contributed by atoms with E-state index in [-0.39, 0.29) is 5.60 Å². The van der Waals surface area contributed by atoms with Crippen molar-refractivity contribution in [2.75, 3.05) is 0 Å². The number of rotatable bonds is 3. The van der Waals surface area contributed by atoms with Crippen LogP contribution in [0.15, 0.2) is 24.4 Å². The topological polar surface area (TPSA) is 22.1 Å². The molecule has 2 rings (SSSR count). The van der Waals surface area contributed by atoms with Crippen molar-refractivity contribution in [2.45, 2.75) is 52.1 Å². The van der Waals surface area contributed by atoms with E-state index >= 15 is 0 Å². The number of pyridine rings is 1. The minimum atomic E-state index is -0.0141. The molecule has 0 bridgehead atoms. The van der Waals surface area contributed by atoms with Gasteiger partial charge in [0.15, 0.2) is 0 Å². The van der Waals surface area contributed by atoms with E-state index in [1.807, 2.05) is 18.2 Å². The fourth-order valence-corrected chi connectivity index (χ4v) is 2.68. The van der Waals surface area contributed by atoms with Gasteiger partial charge in [-0.1, -0.05) is 19.9 Å². The van der Waals surface area contributed by atoms with E-state index in [9.17, 15) is 0 Å². The van der Waals surface area contributed by atoms with Crippen molar-refractivity contribution < 1.29 is 4.74 Å². The first-order chi connectivity index (χ1) is 8.09. The second-order valence-corrected chi connectivity index (χ2v) is 5.80. The molecule has 1 saturated carbocycles. The number of aromatic nitrogens is 1. The zero-order chi connectivity index (χ0) is 12.3. The van der Waals surface area contributed by atoms with Crippen molar-refractivity contribution >= 4 is 0 Å². The maximum Gasteiger partial charge on any atom is 0.213 e. The van der Waals surface area contributed by atoms with E-state index in [1.165, 1.54) is 12.8 Å². The first-order valence-corrected chi connectivity index (χ1v) is 6.69. The summed E-state index contributed by atoms with van der Waals surface area (Å²) in [6.07, 6.45) is 6.64. The third kappa shape index (κ3) is 3.21. The molecule has 0 N–H and O–H groups in total. The predicted molar refractivity (Wildman–Crippen MR) is 70.1 cm³/mol. The summed E-state index contributed by atoms with van der Waals surface area (Å²) in [5.41, 5.74) is -0.0141. The highest BCUT2D eigenvalue weighted by Crippen LogP contribution is 2.37. The second kappa shape index (κ2) is 5.07. The van der Waals surface area contributed by atoms with Crippen LogP contribution in [0.5, 0.6) is 5.88 Å². The maximum absolute atomic E-state index is 6.06. The van der Waals surface area contributed by atoms with Gasteiger partial charge >= 0.3 is 0 Å². The summed E-state index contributed by atoms with van der Waals surface area (Å²) in [5.74, 6) is 2.43. The van der Waals surface area contributed by atoms with E-state index in [2.05, 4.69) is 25.8 Å². The molecular formula is C15H23NO. The summed E-state index contributed by atoms with van der Waals surface area (Å²) in [6.45, 7) is 6.87. The van der Waals surface area contributed by atoms with E-state index in [0.717, 1.165) is 30.6 Å². The monoisotopic (exact) mass is 233 g/mol. The molecule has 0 unspecified atom stereocenters. The highest BCUT2D eigenvalue weighted by atomic mass is 16.5. The lowest BCUT2D eigenvalue weighted by molar-refractivity contribution is 0.0212. The zero-order valence-electron chi connectivity index (χ0n) is 11.1. The Hall–Kier alpha value is -1.05. The third-order valence-electron chi connectivity index (χ3n) is 4.02. The van der Waals surface area contributed by atoms with Gasteiger partial charge in [0.05, 0.1) is 0 Å². The van der Waals surface area contributed by atoms with Crippen molar-refractivity contribution in [3.05, 3.63) is 24.4 Å². The molecule has 1 heterocycles. The summed E-state index contributed by atoms with van der Waals surface area (Å²) in [5, 5.41) is 0. The van der Waals surface area contributed by atoms with E-state index < -0.39 is 0 Å². The van der Waals surface area contributed by atoms with E-state index in [1.54, 1.807) is 6.20 Å². The molecule has 0 amide bonds. The summed E-state index contributed by atoms with van der Waals surface area (Å²) < 4.78 is 6.06. The summed E-state index contributed by atoms with van der Waals surface area (Å²) >= 11 is 0. The number of hydrogen-bond donors (Lipinski definition) is 0. The van der Waals surface area contributed by atoms with Crippen LogP contribution in [0.4, 0.5) is 0 Å². The van der Waals surface area contributed by atoms with Crippen molar-refractivity contribution in [3.63, 3.8) is 0 Å². The largest absolute Gasteiger partial charge is 0.471 e. The fourth-order valence-electron chi connectivity index (χ4n) is 2.68. The molecule has 2 nitrogen and oxygen atoms in total. The highest BCUT2D eigenvalue weighted by molar-refractivity contribution is 5.11. The van der Waals surface area contributed by atoms with Crippen LogP contribution in [0.2, 0.25) is 0 Å². The molecule has 2 heteroatoms. The zero-order valence-corrected chi connectivity index (χ0v) is 11.1. The molecule has 0 atom stereocenters. The molecule has 1 fully saturated rings. The second-order valence-electron chi connectivity index (χ2n) is 5.80. The molecule has 0 spiro atoms. The lowest BCUT2D eigenvalue weighted by Crippen LogP contribution is -2.38. The molecule has 94 valence electrons. The minimum Gasteiger partial charge on any atom is -0.471 e. The fraction of sp³-hybridized carbons (Fsp3) is 0.667. The Labute approximate surface area is 104 Å². The molecule has 17 heavy (non-hydrogen) atoms. The van der Waals surface area contributed by atoms with Crippen LogP contribution in [-0.4, -0.2) is 10.6 Å². The Morgan fingerprint density at radius 3 is 2.53 bits per heavy atom. The predicted octanol–water partition coefficient (Wildman–Crippen LogP) is 4.07. The van der Waals surface area contributed by atoms with Crippen LogP contribution in [0.25, 0.3) is 0 Å². The number of hydrogen-bond acceptors (Lipinski definition) is 2. The minimum absolute atomic E-state index is 0.0141. The Bertz CT molecular complexity index is 339. The van der Waals surface area contributed by atoms with Crippen LogP contribution in [-0.2, 0) is 0 Å². The molecule has 1 aliphatic rings. The van der Waals surface area contributed by atoms with Gasteiger partial charge in [0.1, 0.15) is 5.60 Å². The standard InChI is InChI=1S/C15H23NO/c1-12(2)13-7-9-15(3,10-8-13)17-14-6-4-5-11-16-14/h4-6,11-13H,7-10H2,1-3H3.